The predicted molar refractivity (Wildman–Crippen MR) is 300 cm³/mol. The average Bonchev–Trinajstić information content (AvgIpc) is 3.90. The van der Waals surface area contributed by atoms with E-state index in [1.165, 1.54) is 4.68 Å². The Hall–Kier alpha value is -2.38. The highest BCUT2D eigenvalue weighted by atomic mass is 127. The number of aromatic nitrogens is 6. The number of rotatable bonds is 24. The van der Waals surface area contributed by atoms with Gasteiger partial charge in [-0.1, -0.05) is 74.5 Å². The SMILES string of the molecule is CC(C)(c1ccc(OC[C@H](O)Cn2nnc(CO)c2I)cc1)c1ccc(OC[C@H](O)CCl)c(I)c1.CC(C)(c1ccc(OC[C@H](O)Cn2nnc(I)c2CO)cc1)c1ccc(OC[C@H](O)CCl)c(I)c1. The molecule has 22 heteroatoms. The number of nitrogens with zero attached hydrogens (tertiary/aromatic N) is 6. The molecule has 2 heterocycles. The molecule has 0 spiro atoms. The molecule has 380 valence electrons. The lowest BCUT2D eigenvalue weighted by Gasteiger charge is -2.27. The van der Waals surface area contributed by atoms with Crippen molar-refractivity contribution in [1.82, 2.24) is 30.0 Å². The van der Waals surface area contributed by atoms with Crippen LogP contribution in [0.4, 0.5) is 0 Å². The molecule has 0 unspecified atom stereocenters. The van der Waals surface area contributed by atoms with Gasteiger partial charge in [0.05, 0.1) is 50.9 Å². The number of aliphatic hydroxyl groups excluding tert-OH is 6. The van der Waals surface area contributed by atoms with E-state index in [1.54, 1.807) is 4.68 Å². The van der Waals surface area contributed by atoms with E-state index >= 15 is 0 Å². The highest BCUT2D eigenvalue weighted by Gasteiger charge is 2.26. The van der Waals surface area contributed by atoms with Crippen molar-refractivity contribution in [2.75, 3.05) is 38.2 Å². The van der Waals surface area contributed by atoms with Crippen LogP contribution in [0.15, 0.2) is 84.9 Å². The molecule has 0 aliphatic rings. The van der Waals surface area contributed by atoms with Crippen LogP contribution < -0.4 is 18.9 Å². The van der Waals surface area contributed by atoms with Crippen LogP contribution in [-0.4, -0.2) is 123 Å². The zero-order valence-corrected chi connectivity index (χ0v) is 48.9. The van der Waals surface area contributed by atoms with Gasteiger partial charge in [-0.3, -0.25) is 0 Å². The molecule has 0 saturated heterocycles. The van der Waals surface area contributed by atoms with Crippen LogP contribution in [0.3, 0.4) is 0 Å². The van der Waals surface area contributed by atoms with Crippen molar-refractivity contribution in [2.45, 2.75) is 89.2 Å². The molecule has 0 amide bonds. The molecule has 0 radical (unpaired) electrons. The fraction of sp³-hybridized carbons (Fsp3) is 0.417. The summed E-state index contributed by atoms with van der Waals surface area (Å²) in [6.45, 7) is 9.10. The number of benzene rings is 4. The smallest absolute Gasteiger partial charge is 0.149 e. The maximum Gasteiger partial charge on any atom is 0.149 e. The fourth-order valence-electron chi connectivity index (χ4n) is 6.79. The lowest BCUT2D eigenvalue weighted by Crippen LogP contribution is -2.25. The van der Waals surface area contributed by atoms with Crippen molar-refractivity contribution in [2.24, 2.45) is 0 Å². The van der Waals surface area contributed by atoms with E-state index in [1.807, 2.05) is 118 Å². The second-order valence-corrected chi connectivity index (χ2v) is 22.1. The second kappa shape index (κ2) is 27.8. The number of alkyl halides is 2. The third kappa shape index (κ3) is 16.3. The normalized spacial score (nSPS) is 13.5. The summed E-state index contributed by atoms with van der Waals surface area (Å²) in [6.07, 6.45) is -2.98. The standard InChI is InChI=1S/2C24H28ClI2N3O5/c1-24(2,16-5-8-22(20(26)9-16)35-13-17(32)10-25)15-3-6-19(7-4-15)34-14-18(33)11-30-21(12-31)23(27)28-29-30;1-24(2,16-5-8-22(20(26)9-16)35-13-17(32)10-25)15-3-6-19(7-4-15)34-14-18(33)11-30-23(27)21(12-31)28-29-30/h2*3-9,17-18,31-33H,10-14H2,1-2H3/t2*17-,18-/m11/s1. The Bertz CT molecular complexity index is 2570. The fourth-order valence-corrected chi connectivity index (χ4v) is 9.43. The summed E-state index contributed by atoms with van der Waals surface area (Å²) in [5.41, 5.74) is 4.99. The monoisotopic (exact) mass is 1450 g/mol. The van der Waals surface area contributed by atoms with Gasteiger partial charge < -0.3 is 49.6 Å². The van der Waals surface area contributed by atoms with E-state index in [9.17, 15) is 30.6 Å². The van der Waals surface area contributed by atoms with Crippen LogP contribution in [0.5, 0.6) is 23.0 Å². The third-order valence-electron chi connectivity index (χ3n) is 11.2. The van der Waals surface area contributed by atoms with Crippen LogP contribution in [0, 0.1) is 14.5 Å². The van der Waals surface area contributed by atoms with Crippen molar-refractivity contribution in [3.05, 3.63) is 133 Å². The minimum absolute atomic E-state index is 0.0854. The molecule has 0 fully saturated rings. The molecule has 4 aromatic carbocycles. The zero-order chi connectivity index (χ0) is 51.2. The summed E-state index contributed by atoms with van der Waals surface area (Å²) in [5, 5.41) is 74.2. The van der Waals surface area contributed by atoms with Crippen molar-refractivity contribution >= 4 is 114 Å². The minimum atomic E-state index is -0.803. The molecule has 6 N–H and O–H groups in total. The summed E-state index contributed by atoms with van der Waals surface area (Å²) in [7, 11) is 0. The van der Waals surface area contributed by atoms with Gasteiger partial charge in [-0.25, -0.2) is 9.36 Å². The first kappa shape index (κ1) is 58.5. The highest BCUT2D eigenvalue weighted by Crippen LogP contribution is 2.37. The van der Waals surface area contributed by atoms with Crippen molar-refractivity contribution in [1.29, 1.82) is 0 Å². The van der Waals surface area contributed by atoms with Gasteiger partial charge in [-0.15, -0.1) is 33.4 Å². The van der Waals surface area contributed by atoms with Crippen LogP contribution in [-0.2, 0) is 37.1 Å². The minimum Gasteiger partial charge on any atom is -0.491 e. The van der Waals surface area contributed by atoms with Gasteiger partial charge in [0.1, 0.15) is 86.9 Å². The van der Waals surface area contributed by atoms with E-state index < -0.39 is 24.4 Å². The van der Waals surface area contributed by atoms with Gasteiger partial charge in [0.2, 0.25) is 0 Å². The molecule has 6 rings (SSSR count). The molecule has 0 aliphatic heterocycles. The molecule has 4 atom stereocenters. The Balaban J connectivity index is 0.000000261. The summed E-state index contributed by atoms with van der Waals surface area (Å²) in [4.78, 5) is 0. The topological polar surface area (TPSA) is 220 Å². The van der Waals surface area contributed by atoms with Crippen LogP contribution in [0.1, 0.15) is 61.3 Å². The van der Waals surface area contributed by atoms with Gasteiger partial charge in [-0.2, -0.15) is 0 Å². The molecule has 0 bridgehead atoms. The average molecular weight is 1460 g/mol. The first-order chi connectivity index (χ1) is 33.3. The van der Waals surface area contributed by atoms with Crippen molar-refractivity contribution in [3.8, 4) is 23.0 Å². The first-order valence-electron chi connectivity index (χ1n) is 21.8. The largest absolute Gasteiger partial charge is 0.491 e. The van der Waals surface area contributed by atoms with Crippen LogP contribution in [0.2, 0.25) is 0 Å². The van der Waals surface area contributed by atoms with Crippen LogP contribution >= 0.6 is 114 Å². The Kier molecular flexibility index (Phi) is 23.2. The first-order valence-corrected chi connectivity index (χ1v) is 27.2. The molecule has 2 aromatic heterocycles. The number of ether oxygens (including phenoxy) is 4. The number of hydrogen-bond donors (Lipinski definition) is 6. The Labute approximate surface area is 471 Å². The molecule has 16 nitrogen and oxygen atoms in total. The molecular formula is C48H56Cl2I4N6O10. The molecule has 6 aromatic rings. The van der Waals surface area contributed by atoms with E-state index in [4.69, 9.17) is 42.1 Å². The van der Waals surface area contributed by atoms with Gasteiger partial charge in [0.25, 0.3) is 0 Å². The zero-order valence-electron chi connectivity index (χ0n) is 38.7. The summed E-state index contributed by atoms with van der Waals surface area (Å²) < 4.78 is 29.1. The van der Waals surface area contributed by atoms with Crippen LogP contribution in [0.25, 0.3) is 0 Å². The summed E-state index contributed by atoms with van der Waals surface area (Å²) >= 11 is 19.8. The number of halogens is 6. The second-order valence-electron chi connectivity index (χ2n) is 17.1. The third-order valence-corrected chi connectivity index (χ3v) is 15.6. The highest BCUT2D eigenvalue weighted by molar-refractivity contribution is 14.1. The molecule has 70 heavy (non-hydrogen) atoms. The van der Waals surface area contributed by atoms with Gasteiger partial charge in [0.15, 0.2) is 0 Å². The van der Waals surface area contributed by atoms with Crippen molar-refractivity contribution < 1.29 is 49.6 Å². The summed E-state index contributed by atoms with van der Waals surface area (Å²) in [6, 6.07) is 27.7. The van der Waals surface area contributed by atoms with Gasteiger partial charge in [0, 0.05) is 10.8 Å². The Morgan fingerprint density at radius 1 is 0.529 bits per heavy atom. The lowest BCUT2D eigenvalue weighted by atomic mass is 9.78. The van der Waals surface area contributed by atoms with Crippen molar-refractivity contribution in [3.63, 3.8) is 0 Å². The lowest BCUT2D eigenvalue weighted by molar-refractivity contribution is 0.0866. The molecule has 0 saturated carbocycles. The quantitative estimate of drug-likeness (QED) is 0.0256. The predicted octanol–water partition coefficient (Wildman–Crippen LogP) is 7.45. The van der Waals surface area contributed by atoms with Gasteiger partial charge >= 0.3 is 0 Å². The van der Waals surface area contributed by atoms with E-state index in [0.29, 0.717) is 41.8 Å². The van der Waals surface area contributed by atoms with Gasteiger partial charge in [-0.05, 0) is 161 Å². The Morgan fingerprint density at radius 3 is 1.31 bits per heavy atom. The van der Waals surface area contributed by atoms with E-state index in [-0.39, 0.29) is 75.3 Å². The maximum absolute atomic E-state index is 10.3. The maximum atomic E-state index is 10.3. The molecule has 0 aliphatic carbocycles. The molecular weight excluding hydrogens is 1400 g/mol. The summed E-state index contributed by atoms with van der Waals surface area (Å²) in [5.74, 6) is 2.99. The Morgan fingerprint density at radius 2 is 0.929 bits per heavy atom. The number of hydrogen-bond acceptors (Lipinski definition) is 14. The van der Waals surface area contributed by atoms with E-state index in [2.05, 4.69) is 106 Å². The number of aliphatic hydroxyl groups is 6. The van der Waals surface area contributed by atoms with E-state index in [0.717, 1.165) is 29.4 Å².